The Morgan fingerprint density at radius 2 is 1.96 bits per heavy atom. The molecule has 0 bridgehead atoms. The molecule has 1 saturated heterocycles. The number of carbonyl (C=O) groups is 2. The second kappa shape index (κ2) is 7.36. The van der Waals surface area contributed by atoms with Gasteiger partial charge in [-0.05, 0) is 55.8 Å². The number of benzene rings is 1. The Morgan fingerprint density at radius 1 is 1.22 bits per heavy atom. The van der Waals surface area contributed by atoms with Crippen molar-refractivity contribution in [2.24, 2.45) is 0 Å². The summed E-state index contributed by atoms with van der Waals surface area (Å²) in [4.78, 5) is 33.0. The lowest BCUT2D eigenvalue weighted by Gasteiger charge is -2.35. The van der Waals surface area contributed by atoms with Gasteiger partial charge in [-0.15, -0.1) is 0 Å². The molecule has 2 aliphatic rings. The average Bonchev–Trinajstić information content (AvgIpc) is 3.18. The first-order valence-corrected chi connectivity index (χ1v) is 9.23. The molecule has 0 aliphatic carbocycles. The van der Waals surface area contributed by atoms with E-state index in [9.17, 15) is 9.59 Å². The first-order valence-electron chi connectivity index (χ1n) is 9.23. The fourth-order valence-electron chi connectivity index (χ4n) is 3.68. The third kappa shape index (κ3) is 3.64. The zero-order valence-corrected chi connectivity index (χ0v) is 15.3. The predicted molar refractivity (Wildman–Crippen MR) is 104 cm³/mol. The number of likely N-dealkylation sites (tertiary alicyclic amines) is 1. The Morgan fingerprint density at radius 3 is 2.70 bits per heavy atom. The number of hydrogen-bond donors (Lipinski definition) is 2. The highest BCUT2D eigenvalue weighted by Gasteiger charge is 2.30. The molecule has 1 aromatic carbocycles. The summed E-state index contributed by atoms with van der Waals surface area (Å²) in [7, 11) is 1.90. The van der Waals surface area contributed by atoms with Crippen LogP contribution >= 0.6 is 0 Å². The minimum atomic E-state index is -0.297. The van der Waals surface area contributed by atoms with Crippen molar-refractivity contribution in [2.75, 3.05) is 36.9 Å². The molecule has 4 rings (SSSR count). The lowest BCUT2D eigenvalue weighted by Crippen LogP contribution is -2.45. The quantitative estimate of drug-likeness (QED) is 0.867. The maximum Gasteiger partial charge on any atom is 0.256 e. The standard InChI is InChI=1S/C20H23N5O2/c1-24-18(23-20(27)16-5-4-10-21-19(16)24)14-6-8-15(9-7-14)22-17(26)13-25-11-2-3-12-25/h4-10,18H,2-3,11-13H2,1H3,(H,22,26)(H,23,27)/t18-/m0/s1. The Hall–Kier alpha value is -2.93. The van der Waals surface area contributed by atoms with E-state index in [2.05, 4.69) is 20.5 Å². The summed E-state index contributed by atoms with van der Waals surface area (Å²) >= 11 is 0. The van der Waals surface area contributed by atoms with Crippen molar-refractivity contribution in [1.29, 1.82) is 0 Å². The largest absolute Gasteiger partial charge is 0.335 e. The summed E-state index contributed by atoms with van der Waals surface area (Å²) in [6.07, 6.45) is 3.72. The monoisotopic (exact) mass is 365 g/mol. The van der Waals surface area contributed by atoms with Crippen LogP contribution in [0.4, 0.5) is 11.5 Å². The molecule has 140 valence electrons. The molecule has 2 aromatic rings. The minimum Gasteiger partial charge on any atom is -0.335 e. The van der Waals surface area contributed by atoms with E-state index >= 15 is 0 Å². The van der Waals surface area contributed by atoms with Crippen LogP contribution < -0.4 is 15.5 Å². The van der Waals surface area contributed by atoms with Gasteiger partial charge in [0.1, 0.15) is 12.0 Å². The molecule has 0 unspecified atom stereocenters. The molecule has 1 atom stereocenters. The first kappa shape index (κ1) is 17.5. The molecular formula is C20H23N5O2. The van der Waals surface area contributed by atoms with Crippen molar-refractivity contribution in [1.82, 2.24) is 15.2 Å². The number of aromatic nitrogens is 1. The molecule has 0 radical (unpaired) electrons. The number of carbonyl (C=O) groups excluding carboxylic acids is 2. The van der Waals surface area contributed by atoms with E-state index in [1.165, 1.54) is 12.8 Å². The van der Waals surface area contributed by atoms with Crippen molar-refractivity contribution in [3.8, 4) is 0 Å². The molecule has 7 heteroatoms. The van der Waals surface area contributed by atoms with Crippen molar-refractivity contribution in [3.63, 3.8) is 0 Å². The number of pyridine rings is 1. The third-order valence-corrected chi connectivity index (χ3v) is 5.10. The summed E-state index contributed by atoms with van der Waals surface area (Å²) in [5.74, 6) is 0.532. The highest BCUT2D eigenvalue weighted by atomic mass is 16.2. The van der Waals surface area contributed by atoms with Crippen molar-refractivity contribution in [3.05, 3.63) is 53.7 Å². The number of fused-ring (bicyclic) bond motifs is 1. The highest BCUT2D eigenvalue weighted by molar-refractivity contribution is 6.01. The lowest BCUT2D eigenvalue weighted by molar-refractivity contribution is -0.117. The molecular weight excluding hydrogens is 342 g/mol. The average molecular weight is 365 g/mol. The summed E-state index contributed by atoms with van der Waals surface area (Å²) in [5, 5.41) is 5.94. The van der Waals surface area contributed by atoms with Crippen LogP contribution in [-0.4, -0.2) is 48.4 Å². The van der Waals surface area contributed by atoms with Crippen LogP contribution in [0.15, 0.2) is 42.6 Å². The van der Waals surface area contributed by atoms with Gasteiger partial charge in [0.05, 0.1) is 12.1 Å². The Labute approximate surface area is 158 Å². The van der Waals surface area contributed by atoms with Crippen molar-refractivity contribution in [2.45, 2.75) is 19.0 Å². The van der Waals surface area contributed by atoms with E-state index in [4.69, 9.17) is 0 Å². The molecule has 2 N–H and O–H groups in total. The fraction of sp³-hybridized carbons (Fsp3) is 0.350. The van der Waals surface area contributed by atoms with Gasteiger partial charge in [-0.25, -0.2) is 4.98 Å². The molecule has 2 amide bonds. The zero-order chi connectivity index (χ0) is 18.8. The molecule has 7 nitrogen and oxygen atoms in total. The Bertz CT molecular complexity index is 846. The van der Waals surface area contributed by atoms with Crippen LogP contribution in [0.5, 0.6) is 0 Å². The Balaban J connectivity index is 1.44. The van der Waals surface area contributed by atoms with Crippen molar-refractivity contribution >= 4 is 23.3 Å². The van der Waals surface area contributed by atoms with Gasteiger partial charge in [-0.1, -0.05) is 12.1 Å². The van der Waals surface area contributed by atoms with Gasteiger partial charge in [-0.2, -0.15) is 0 Å². The van der Waals surface area contributed by atoms with Crippen LogP contribution in [0.1, 0.15) is 34.9 Å². The van der Waals surface area contributed by atoms with Gasteiger partial charge in [-0.3, -0.25) is 14.5 Å². The van der Waals surface area contributed by atoms with E-state index in [1.54, 1.807) is 18.3 Å². The summed E-state index contributed by atoms with van der Waals surface area (Å²) in [5.41, 5.74) is 2.26. The van der Waals surface area contributed by atoms with E-state index < -0.39 is 0 Å². The molecule has 1 aromatic heterocycles. The second-order valence-corrected chi connectivity index (χ2v) is 7.01. The SMILES string of the molecule is CN1c2ncccc2C(=O)N[C@@H]1c1ccc(NC(=O)CN2CCCC2)cc1. The third-order valence-electron chi connectivity index (χ3n) is 5.10. The number of nitrogens with one attached hydrogen (secondary N) is 2. The smallest absolute Gasteiger partial charge is 0.256 e. The van der Waals surface area contributed by atoms with E-state index in [0.29, 0.717) is 17.9 Å². The Kier molecular flexibility index (Phi) is 4.77. The second-order valence-electron chi connectivity index (χ2n) is 7.01. The molecule has 27 heavy (non-hydrogen) atoms. The lowest BCUT2D eigenvalue weighted by atomic mass is 10.1. The van der Waals surface area contributed by atoms with Gasteiger partial charge in [0, 0.05) is 18.9 Å². The van der Waals surface area contributed by atoms with Gasteiger partial charge < -0.3 is 15.5 Å². The number of anilines is 2. The minimum absolute atomic E-state index is 0.00543. The predicted octanol–water partition coefficient (Wildman–Crippen LogP) is 1.99. The van der Waals surface area contributed by atoms with Crippen LogP contribution in [0.2, 0.25) is 0 Å². The van der Waals surface area contributed by atoms with Crippen LogP contribution in [0.3, 0.4) is 0 Å². The maximum absolute atomic E-state index is 12.4. The normalized spacial score (nSPS) is 19.5. The first-order chi connectivity index (χ1) is 13.1. The van der Waals surface area contributed by atoms with Gasteiger partial charge in [0.2, 0.25) is 5.91 Å². The van der Waals surface area contributed by atoms with Gasteiger partial charge >= 0.3 is 0 Å². The van der Waals surface area contributed by atoms with Crippen LogP contribution in [0.25, 0.3) is 0 Å². The van der Waals surface area contributed by atoms with E-state index in [-0.39, 0.29) is 18.0 Å². The number of hydrogen-bond acceptors (Lipinski definition) is 5. The van der Waals surface area contributed by atoms with E-state index in [0.717, 1.165) is 24.3 Å². The number of nitrogens with zero attached hydrogens (tertiary/aromatic N) is 3. The maximum atomic E-state index is 12.4. The topological polar surface area (TPSA) is 77.6 Å². The van der Waals surface area contributed by atoms with Gasteiger partial charge in [0.25, 0.3) is 5.91 Å². The van der Waals surface area contributed by atoms with Gasteiger partial charge in [0.15, 0.2) is 0 Å². The molecule has 1 fully saturated rings. The molecule has 2 aliphatic heterocycles. The molecule has 3 heterocycles. The van der Waals surface area contributed by atoms with Crippen molar-refractivity contribution < 1.29 is 9.59 Å². The number of rotatable bonds is 4. The number of amides is 2. The van der Waals surface area contributed by atoms with Crippen LogP contribution in [-0.2, 0) is 4.79 Å². The fourth-order valence-corrected chi connectivity index (χ4v) is 3.68. The molecule has 0 saturated carbocycles. The zero-order valence-electron chi connectivity index (χ0n) is 15.3. The highest BCUT2D eigenvalue weighted by Crippen LogP contribution is 2.30. The summed E-state index contributed by atoms with van der Waals surface area (Å²) < 4.78 is 0. The van der Waals surface area contributed by atoms with E-state index in [1.807, 2.05) is 36.2 Å². The van der Waals surface area contributed by atoms with Crippen LogP contribution in [0, 0.1) is 0 Å². The summed E-state index contributed by atoms with van der Waals surface area (Å²) in [6.45, 7) is 2.43. The summed E-state index contributed by atoms with van der Waals surface area (Å²) in [6, 6.07) is 11.1. The molecule has 0 spiro atoms.